The van der Waals surface area contributed by atoms with Crippen LogP contribution in [-0.4, -0.2) is 22.8 Å². The Morgan fingerprint density at radius 2 is 1.86 bits per heavy atom. The quantitative estimate of drug-likeness (QED) is 0.679. The van der Waals surface area contributed by atoms with E-state index in [1.54, 1.807) is 18.9 Å². The van der Waals surface area contributed by atoms with Crippen LogP contribution in [0.4, 0.5) is 0 Å². The standard InChI is InChI=1S/C16H21N3OS/c1-10-11(2)18-16(19-12(10)3)21-9-15(17)13-6-5-7-14(8-13)20-4/h5-8,15H,9,17H2,1-4H3. The first-order valence-electron chi connectivity index (χ1n) is 6.85. The molecule has 1 aromatic heterocycles. The Hall–Kier alpha value is -1.59. The van der Waals surface area contributed by atoms with Crippen LogP contribution >= 0.6 is 11.8 Å². The van der Waals surface area contributed by atoms with Gasteiger partial charge in [-0.1, -0.05) is 23.9 Å². The van der Waals surface area contributed by atoms with Crippen molar-refractivity contribution >= 4 is 11.8 Å². The Bertz CT molecular complexity index is 608. The molecule has 1 unspecified atom stereocenters. The van der Waals surface area contributed by atoms with Gasteiger partial charge in [0, 0.05) is 23.2 Å². The third-order valence-electron chi connectivity index (χ3n) is 3.53. The Labute approximate surface area is 130 Å². The number of benzene rings is 1. The van der Waals surface area contributed by atoms with Crippen molar-refractivity contribution in [2.75, 3.05) is 12.9 Å². The van der Waals surface area contributed by atoms with Crippen molar-refractivity contribution in [1.29, 1.82) is 0 Å². The van der Waals surface area contributed by atoms with Crippen LogP contribution in [0.2, 0.25) is 0 Å². The number of hydrogen-bond donors (Lipinski definition) is 1. The van der Waals surface area contributed by atoms with Crippen LogP contribution < -0.4 is 10.5 Å². The minimum Gasteiger partial charge on any atom is -0.497 e. The SMILES string of the molecule is COc1cccc(C(N)CSc2nc(C)c(C)c(C)n2)c1. The van der Waals surface area contributed by atoms with Crippen LogP contribution in [0.25, 0.3) is 0 Å². The van der Waals surface area contributed by atoms with E-state index >= 15 is 0 Å². The number of hydrogen-bond acceptors (Lipinski definition) is 5. The zero-order valence-electron chi connectivity index (χ0n) is 12.9. The van der Waals surface area contributed by atoms with Gasteiger partial charge in [0.2, 0.25) is 0 Å². The van der Waals surface area contributed by atoms with Crippen LogP contribution in [0, 0.1) is 20.8 Å². The Morgan fingerprint density at radius 1 is 1.19 bits per heavy atom. The first kappa shape index (κ1) is 15.8. The van der Waals surface area contributed by atoms with E-state index < -0.39 is 0 Å². The summed E-state index contributed by atoms with van der Waals surface area (Å²) >= 11 is 1.59. The van der Waals surface area contributed by atoms with E-state index in [9.17, 15) is 0 Å². The van der Waals surface area contributed by atoms with Crippen LogP contribution in [0.5, 0.6) is 5.75 Å². The maximum Gasteiger partial charge on any atom is 0.188 e. The van der Waals surface area contributed by atoms with Gasteiger partial charge in [0.05, 0.1) is 7.11 Å². The number of aromatic nitrogens is 2. The first-order chi connectivity index (χ1) is 10.0. The first-order valence-corrected chi connectivity index (χ1v) is 7.84. The summed E-state index contributed by atoms with van der Waals surface area (Å²) in [4.78, 5) is 9.01. The number of aryl methyl sites for hydroxylation is 2. The van der Waals surface area contributed by atoms with Crippen molar-refractivity contribution in [3.05, 3.63) is 46.8 Å². The number of nitrogens with two attached hydrogens (primary N) is 1. The molecule has 112 valence electrons. The molecule has 2 aromatic rings. The van der Waals surface area contributed by atoms with Gasteiger partial charge in [0.15, 0.2) is 5.16 Å². The van der Waals surface area contributed by atoms with Gasteiger partial charge < -0.3 is 10.5 Å². The predicted octanol–water partition coefficient (Wildman–Crippen LogP) is 3.20. The fourth-order valence-electron chi connectivity index (χ4n) is 1.94. The smallest absolute Gasteiger partial charge is 0.188 e. The summed E-state index contributed by atoms with van der Waals surface area (Å²) in [5.41, 5.74) is 10.5. The lowest BCUT2D eigenvalue weighted by molar-refractivity contribution is 0.414. The minimum atomic E-state index is -0.0735. The minimum absolute atomic E-state index is 0.0735. The number of nitrogens with zero attached hydrogens (tertiary/aromatic N) is 2. The topological polar surface area (TPSA) is 61.0 Å². The molecule has 0 aliphatic rings. The van der Waals surface area contributed by atoms with E-state index in [0.717, 1.165) is 39.2 Å². The van der Waals surface area contributed by atoms with Crippen molar-refractivity contribution in [2.24, 2.45) is 5.73 Å². The van der Waals surface area contributed by atoms with Gasteiger partial charge >= 0.3 is 0 Å². The second-order valence-corrected chi connectivity index (χ2v) is 5.98. The van der Waals surface area contributed by atoms with Gasteiger partial charge in [0.25, 0.3) is 0 Å². The number of thioether (sulfide) groups is 1. The van der Waals surface area contributed by atoms with Crippen LogP contribution in [0.3, 0.4) is 0 Å². The van der Waals surface area contributed by atoms with E-state index in [1.807, 2.05) is 45.0 Å². The molecule has 0 saturated carbocycles. The van der Waals surface area contributed by atoms with Gasteiger partial charge in [-0.25, -0.2) is 9.97 Å². The fraction of sp³-hybridized carbons (Fsp3) is 0.375. The average molecular weight is 303 g/mol. The van der Waals surface area contributed by atoms with Gasteiger partial charge in [-0.2, -0.15) is 0 Å². The van der Waals surface area contributed by atoms with Gasteiger partial charge in [-0.05, 0) is 44.0 Å². The number of ether oxygens (including phenoxy) is 1. The zero-order valence-corrected chi connectivity index (χ0v) is 13.7. The van der Waals surface area contributed by atoms with Gasteiger partial charge in [0.1, 0.15) is 5.75 Å². The molecule has 1 aromatic carbocycles. The predicted molar refractivity (Wildman–Crippen MR) is 86.9 cm³/mol. The highest BCUT2D eigenvalue weighted by Gasteiger charge is 2.10. The lowest BCUT2D eigenvalue weighted by atomic mass is 10.1. The Morgan fingerprint density at radius 3 is 2.48 bits per heavy atom. The largest absolute Gasteiger partial charge is 0.497 e. The molecule has 2 N–H and O–H groups in total. The highest BCUT2D eigenvalue weighted by molar-refractivity contribution is 7.99. The zero-order chi connectivity index (χ0) is 15.4. The van der Waals surface area contributed by atoms with Crippen LogP contribution in [0.1, 0.15) is 28.6 Å². The highest BCUT2D eigenvalue weighted by Crippen LogP contribution is 2.24. The third-order valence-corrected chi connectivity index (χ3v) is 4.49. The van der Waals surface area contributed by atoms with Gasteiger partial charge in [-0.15, -0.1) is 0 Å². The third kappa shape index (κ3) is 3.95. The van der Waals surface area contributed by atoms with Crippen molar-refractivity contribution in [3.8, 4) is 5.75 Å². The van der Waals surface area contributed by atoms with Crippen molar-refractivity contribution in [2.45, 2.75) is 32.0 Å². The van der Waals surface area contributed by atoms with Crippen LogP contribution in [-0.2, 0) is 0 Å². The summed E-state index contributed by atoms with van der Waals surface area (Å²) in [6.07, 6.45) is 0. The van der Waals surface area contributed by atoms with Crippen molar-refractivity contribution < 1.29 is 4.74 Å². The monoisotopic (exact) mass is 303 g/mol. The summed E-state index contributed by atoms with van der Waals surface area (Å²) in [6, 6.07) is 7.78. The van der Waals surface area contributed by atoms with Crippen LogP contribution in [0.15, 0.2) is 29.4 Å². The lowest BCUT2D eigenvalue weighted by Gasteiger charge is -2.13. The van der Waals surface area contributed by atoms with E-state index in [-0.39, 0.29) is 6.04 Å². The molecule has 1 atom stereocenters. The van der Waals surface area contributed by atoms with Crippen molar-refractivity contribution in [1.82, 2.24) is 9.97 Å². The maximum atomic E-state index is 6.24. The molecule has 21 heavy (non-hydrogen) atoms. The second kappa shape index (κ2) is 6.91. The number of rotatable bonds is 5. The molecule has 0 spiro atoms. The molecule has 5 heteroatoms. The highest BCUT2D eigenvalue weighted by atomic mass is 32.2. The normalized spacial score (nSPS) is 12.2. The molecule has 0 saturated heterocycles. The molecule has 0 radical (unpaired) electrons. The molecular weight excluding hydrogens is 282 g/mol. The molecule has 0 aliphatic carbocycles. The summed E-state index contributed by atoms with van der Waals surface area (Å²) in [6.45, 7) is 6.06. The summed E-state index contributed by atoms with van der Waals surface area (Å²) in [7, 11) is 1.66. The Balaban J connectivity index is 2.05. The molecular formula is C16H21N3OS. The molecule has 4 nitrogen and oxygen atoms in total. The van der Waals surface area contributed by atoms with Gasteiger partial charge in [-0.3, -0.25) is 0 Å². The lowest BCUT2D eigenvalue weighted by Crippen LogP contribution is -2.13. The van der Waals surface area contributed by atoms with E-state index in [1.165, 1.54) is 0 Å². The molecule has 2 rings (SSSR count). The molecule has 0 aliphatic heterocycles. The molecule has 0 bridgehead atoms. The summed E-state index contributed by atoms with van der Waals surface area (Å²) in [5, 5.41) is 0.786. The summed E-state index contributed by atoms with van der Waals surface area (Å²) in [5.74, 6) is 1.56. The average Bonchev–Trinajstić information content (AvgIpc) is 2.50. The second-order valence-electron chi connectivity index (χ2n) is 5.00. The molecule has 0 amide bonds. The number of methoxy groups -OCH3 is 1. The Kier molecular flexibility index (Phi) is 5.20. The molecule has 0 fully saturated rings. The molecule has 1 heterocycles. The maximum absolute atomic E-state index is 6.24. The van der Waals surface area contributed by atoms with E-state index in [0.29, 0.717) is 0 Å². The fourth-order valence-corrected chi connectivity index (χ4v) is 2.86. The summed E-state index contributed by atoms with van der Waals surface area (Å²) < 4.78 is 5.23. The van der Waals surface area contributed by atoms with E-state index in [4.69, 9.17) is 10.5 Å². The van der Waals surface area contributed by atoms with E-state index in [2.05, 4.69) is 9.97 Å². The van der Waals surface area contributed by atoms with Crippen molar-refractivity contribution in [3.63, 3.8) is 0 Å².